The molecule has 0 aliphatic carbocycles. The smallest absolute Gasteiger partial charge is 0.212 e. The number of methoxy groups -OCH3 is 1. The van der Waals surface area contributed by atoms with Crippen LogP contribution in [0.4, 0.5) is 0 Å². The summed E-state index contributed by atoms with van der Waals surface area (Å²) < 4.78 is 5.03. The van der Waals surface area contributed by atoms with E-state index < -0.39 is 0 Å². The van der Waals surface area contributed by atoms with Crippen LogP contribution in [0.15, 0.2) is 18.3 Å². The van der Waals surface area contributed by atoms with E-state index in [-0.39, 0.29) is 0 Å². The molecule has 1 aromatic rings. The summed E-state index contributed by atoms with van der Waals surface area (Å²) in [6, 6.07) is 4.40. The van der Waals surface area contributed by atoms with Crippen LogP contribution in [0.25, 0.3) is 0 Å². The van der Waals surface area contributed by atoms with Crippen molar-refractivity contribution in [3.05, 3.63) is 23.9 Å². The van der Waals surface area contributed by atoms with Crippen LogP contribution >= 0.6 is 0 Å². The SMILES string of the molecule is C#CCCCC(Cc1ccc(OC)nc1)NC. The minimum Gasteiger partial charge on any atom is -0.481 e. The van der Waals surface area contributed by atoms with E-state index in [1.807, 2.05) is 19.3 Å². The van der Waals surface area contributed by atoms with E-state index in [2.05, 4.69) is 22.3 Å². The van der Waals surface area contributed by atoms with Crippen molar-refractivity contribution < 1.29 is 4.74 Å². The Morgan fingerprint density at radius 1 is 1.53 bits per heavy atom. The van der Waals surface area contributed by atoms with E-state index in [1.165, 1.54) is 5.56 Å². The van der Waals surface area contributed by atoms with Crippen LogP contribution in [-0.4, -0.2) is 25.2 Å². The van der Waals surface area contributed by atoms with Crippen molar-refractivity contribution in [3.63, 3.8) is 0 Å². The first-order chi connectivity index (χ1) is 8.30. The molecule has 0 saturated heterocycles. The third-order valence-electron chi connectivity index (χ3n) is 2.77. The lowest BCUT2D eigenvalue weighted by atomic mass is 10.0. The van der Waals surface area contributed by atoms with Gasteiger partial charge in [-0.25, -0.2) is 4.98 Å². The molecule has 0 aliphatic heterocycles. The standard InChI is InChI=1S/C14H20N2O/c1-4-5-6-7-13(15-2)10-12-8-9-14(17-3)16-11-12/h1,8-9,11,13,15H,5-7,10H2,2-3H3. The molecule has 1 aromatic heterocycles. The number of likely N-dealkylation sites (N-methyl/N-ethyl adjacent to an activating group) is 1. The summed E-state index contributed by atoms with van der Waals surface area (Å²) in [4.78, 5) is 4.20. The molecule has 3 heteroatoms. The lowest BCUT2D eigenvalue weighted by Gasteiger charge is -2.15. The summed E-state index contributed by atoms with van der Waals surface area (Å²) in [5.74, 6) is 3.32. The lowest BCUT2D eigenvalue weighted by Crippen LogP contribution is -2.27. The van der Waals surface area contributed by atoms with Crippen LogP contribution in [0.5, 0.6) is 5.88 Å². The molecule has 3 nitrogen and oxygen atoms in total. The van der Waals surface area contributed by atoms with Crippen molar-refractivity contribution in [3.8, 4) is 18.2 Å². The number of nitrogens with one attached hydrogen (secondary N) is 1. The fourth-order valence-electron chi connectivity index (χ4n) is 1.74. The summed E-state index contributed by atoms with van der Waals surface area (Å²) in [7, 11) is 3.61. The Hall–Kier alpha value is -1.53. The van der Waals surface area contributed by atoms with Crippen LogP contribution in [0.1, 0.15) is 24.8 Å². The van der Waals surface area contributed by atoms with Crippen molar-refractivity contribution >= 4 is 0 Å². The zero-order valence-corrected chi connectivity index (χ0v) is 10.6. The molecule has 0 saturated carbocycles. The normalized spacial score (nSPS) is 11.8. The highest BCUT2D eigenvalue weighted by atomic mass is 16.5. The predicted molar refractivity (Wildman–Crippen MR) is 70.0 cm³/mol. The van der Waals surface area contributed by atoms with E-state index in [4.69, 9.17) is 11.2 Å². The van der Waals surface area contributed by atoms with Crippen molar-refractivity contribution in [2.45, 2.75) is 31.7 Å². The van der Waals surface area contributed by atoms with Gasteiger partial charge in [-0.2, -0.15) is 0 Å². The summed E-state index contributed by atoms with van der Waals surface area (Å²) in [6.45, 7) is 0. The number of nitrogens with zero attached hydrogens (tertiary/aromatic N) is 1. The van der Waals surface area contributed by atoms with Crippen molar-refractivity contribution in [1.82, 2.24) is 10.3 Å². The molecule has 0 aromatic carbocycles. The van der Waals surface area contributed by atoms with E-state index in [1.54, 1.807) is 7.11 Å². The summed E-state index contributed by atoms with van der Waals surface area (Å²) >= 11 is 0. The van der Waals surface area contributed by atoms with Gasteiger partial charge >= 0.3 is 0 Å². The van der Waals surface area contributed by atoms with Crippen LogP contribution in [0.2, 0.25) is 0 Å². The fourth-order valence-corrected chi connectivity index (χ4v) is 1.74. The third kappa shape index (κ3) is 4.88. The zero-order chi connectivity index (χ0) is 12.5. The van der Waals surface area contributed by atoms with Gasteiger partial charge in [0.15, 0.2) is 0 Å². The van der Waals surface area contributed by atoms with Gasteiger partial charge in [0.1, 0.15) is 0 Å². The van der Waals surface area contributed by atoms with Gasteiger partial charge < -0.3 is 10.1 Å². The van der Waals surface area contributed by atoms with Gasteiger partial charge in [-0.05, 0) is 31.9 Å². The second kappa shape index (κ2) is 7.70. The predicted octanol–water partition coefficient (Wildman–Crippen LogP) is 2.02. The minimum absolute atomic E-state index is 0.457. The zero-order valence-electron chi connectivity index (χ0n) is 10.6. The first-order valence-corrected chi connectivity index (χ1v) is 5.89. The Morgan fingerprint density at radius 2 is 2.35 bits per heavy atom. The maximum absolute atomic E-state index is 5.25. The molecule has 1 rings (SSSR count). The van der Waals surface area contributed by atoms with Gasteiger partial charge in [0.05, 0.1) is 7.11 Å². The molecule has 92 valence electrons. The number of hydrogen-bond acceptors (Lipinski definition) is 3. The molecule has 0 spiro atoms. The van der Waals surface area contributed by atoms with Gasteiger partial charge in [-0.15, -0.1) is 12.3 Å². The van der Waals surface area contributed by atoms with Crippen molar-refractivity contribution in [1.29, 1.82) is 0 Å². The Bertz CT molecular complexity index is 353. The summed E-state index contributed by atoms with van der Waals surface area (Å²) in [6.07, 6.45) is 11.1. The second-order valence-electron chi connectivity index (χ2n) is 3.99. The monoisotopic (exact) mass is 232 g/mol. The molecule has 0 radical (unpaired) electrons. The Labute approximate surface area is 104 Å². The number of pyridine rings is 1. The number of rotatable bonds is 7. The molecule has 1 unspecified atom stereocenters. The first-order valence-electron chi connectivity index (χ1n) is 5.89. The van der Waals surface area contributed by atoms with Gasteiger partial charge in [-0.1, -0.05) is 6.07 Å². The maximum Gasteiger partial charge on any atom is 0.212 e. The molecule has 0 bridgehead atoms. The van der Waals surface area contributed by atoms with Gasteiger partial charge in [-0.3, -0.25) is 0 Å². The van der Waals surface area contributed by atoms with Crippen molar-refractivity contribution in [2.24, 2.45) is 0 Å². The average molecular weight is 232 g/mol. The molecule has 1 N–H and O–H groups in total. The number of unbranched alkanes of at least 4 members (excludes halogenated alkanes) is 1. The van der Waals surface area contributed by atoms with Crippen LogP contribution in [0, 0.1) is 12.3 Å². The first kappa shape index (κ1) is 13.5. The number of aromatic nitrogens is 1. The third-order valence-corrected chi connectivity index (χ3v) is 2.77. The minimum atomic E-state index is 0.457. The van der Waals surface area contributed by atoms with E-state index in [0.717, 1.165) is 25.7 Å². The van der Waals surface area contributed by atoms with Crippen LogP contribution < -0.4 is 10.1 Å². The molecule has 17 heavy (non-hydrogen) atoms. The molecular formula is C14H20N2O. The van der Waals surface area contributed by atoms with Crippen molar-refractivity contribution in [2.75, 3.05) is 14.2 Å². The molecular weight excluding hydrogens is 212 g/mol. The molecule has 0 amide bonds. The molecule has 1 atom stereocenters. The molecule has 1 heterocycles. The highest BCUT2D eigenvalue weighted by Gasteiger charge is 2.07. The fraction of sp³-hybridized carbons (Fsp3) is 0.500. The highest BCUT2D eigenvalue weighted by Crippen LogP contribution is 2.11. The van der Waals surface area contributed by atoms with Crippen LogP contribution in [-0.2, 0) is 6.42 Å². The van der Waals surface area contributed by atoms with E-state index in [9.17, 15) is 0 Å². The Morgan fingerprint density at radius 3 is 2.88 bits per heavy atom. The number of terminal acetylenes is 1. The molecule has 0 aliphatic rings. The topological polar surface area (TPSA) is 34.1 Å². The summed E-state index contributed by atoms with van der Waals surface area (Å²) in [5.41, 5.74) is 1.21. The number of ether oxygens (including phenoxy) is 1. The van der Waals surface area contributed by atoms with Crippen LogP contribution in [0.3, 0.4) is 0 Å². The average Bonchev–Trinajstić information content (AvgIpc) is 2.38. The molecule has 0 fully saturated rings. The largest absolute Gasteiger partial charge is 0.481 e. The Balaban J connectivity index is 2.46. The van der Waals surface area contributed by atoms with Gasteiger partial charge in [0.25, 0.3) is 0 Å². The maximum atomic E-state index is 5.25. The number of hydrogen-bond donors (Lipinski definition) is 1. The quantitative estimate of drug-likeness (QED) is 0.577. The Kier molecular flexibility index (Phi) is 6.13. The van der Waals surface area contributed by atoms with Gasteiger partial charge in [0, 0.05) is 24.7 Å². The highest BCUT2D eigenvalue weighted by molar-refractivity contribution is 5.18. The second-order valence-corrected chi connectivity index (χ2v) is 3.99. The van der Waals surface area contributed by atoms with Gasteiger partial charge in [0.2, 0.25) is 5.88 Å². The lowest BCUT2D eigenvalue weighted by molar-refractivity contribution is 0.397. The van der Waals surface area contributed by atoms with E-state index in [0.29, 0.717) is 11.9 Å². The summed E-state index contributed by atoms with van der Waals surface area (Å²) in [5, 5.41) is 3.31. The van der Waals surface area contributed by atoms with E-state index >= 15 is 0 Å².